The quantitative estimate of drug-likeness (QED) is 0.211. The average Bonchev–Trinajstić information content (AvgIpc) is 2.88. The van der Waals surface area contributed by atoms with Crippen molar-refractivity contribution in [2.45, 2.75) is 0 Å². The molecule has 34 heavy (non-hydrogen) atoms. The minimum Gasteiger partial charge on any atom is -1.00 e. The molecule has 0 unspecified atom stereocenters. The molecule has 4 aromatic carbocycles. The van der Waals surface area contributed by atoms with Crippen LogP contribution in [0.5, 0.6) is 0 Å². The number of benzene rings is 4. The zero-order valence-electron chi connectivity index (χ0n) is 19.2. The largest absolute Gasteiger partial charge is 1.00 e. The third-order valence-electron chi connectivity index (χ3n) is 5.28. The normalized spacial score (nSPS) is 10.0. The summed E-state index contributed by atoms with van der Waals surface area (Å²) in [4.78, 5) is 0. The van der Waals surface area contributed by atoms with Gasteiger partial charge in [0.25, 0.3) is 0 Å². The first-order valence-corrected chi connectivity index (χ1v) is 14.6. The van der Waals surface area contributed by atoms with Crippen molar-refractivity contribution < 1.29 is 34.8 Å². The molecule has 0 atom stereocenters. The molecule has 0 bridgehead atoms. The molecule has 0 spiro atoms. The summed E-state index contributed by atoms with van der Waals surface area (Å²) in [6.45, 7) is 1.52. The monoisotopic (exact) mass is 692 g/mol. The fourth-order valence-electron chi connectivity index (χ4n) is 3.76. The molecule has 0 aliphatic heterocycles. The van der Waals surface area contributed by atoms with E-state index in [1.165, 1.54) is 21.2 Å². The Labute approximate surface area is 229 Å². The molecule has 1 radical (unpaired) electrons. The van der Waals surface area contributed by atoms with Gasteiger partial charge in [0.2, 0.25) is 0 Å². The Kier molecular flexibility index (Phi) is 16.3. The van der Waals surface area contributed by atoms with E-state index in [0.29, 0.717) is 0 Å². The molecule has 6 heteroatoms. The van der Waals surface area contributed by atoms with Crippen LogP contribution in [-0.4, -0.2) is 25.4 Å². The van der Waals surface area contributed by atoms with Crippen molar-refractivity contribution in [1.82, 2.24) is 0 Å². The molecule has 0 amide bonds. The van der Waals surface area contributed by atoms with Gasteiger partial charge in [0.15, 0.2) is 0 Å². The van der Waals surface area contributed by atoms with Crippen molar-refractivity contribution in [3.05, 3.63) is 121 Å². The van der Waals surface area contributed by atoms with Gasteiger partial charge in [-0.2, -0.15) is 0 Å². The third-order valence-corrected chi connectivity index (χ3v) is 11.0. The molecule has 0 aliphatic carbocycles. The topological polar surface area (TPSA) is 52.0 Å². The first-order chi connectivity index (χ1) is 15.8. The second-order valence-electron chi connectivity index (χ2n) is 7.50. The summed E-state index contributed by atoms with van der Waals surface area (Å²) < 4.78 is 0. The van der Waals surface area contributed by atoms with Gasteiger partial charge in [0.05, 0.1) is 49.4 Å². The zero-order valence-corrected chi connectivity index (χ0v) is 24.1. The molecule has 4 rings (SSSR count). The van der Waals surface area contributed by atoms with E-state index in [9.17, 15) is 0 Å². The van der Waals surface area contributed by atoms with Crippen LogP contribution in [0.25, 0.3) is 0 Å². The van der Waals surface area contributed by atoms with Crippen molar-refractivity contribution >= 4 is 37.1 Å². The second kappa shape index (κ2) is 18.0. The molecule has 183 valence electrons. The maximum Gasteiger partial charge on any atom is 0.0967 e. The van der Waals surface area contributed by atoms with E-state index in [1.807, 2.05) is 0 Å². The summed E-state index contributed by atoms with van der Waals surface area (Å²) in [5, 5.41) is 5.79. The van der Waals surface area contributed by atoms with Gasteiger partial charge >= 0.3 is 0 Å². The Morgan fingerprint density at radius 3 is 0.794 bits per heavy atom. The molecule has 0 aromatic heterocycles. The SMILES string of the molecule is NCC[PH+](c1ccccc1)c1ccccc1.NCC[PH+](c1ccccc1)c1ccccc1.[Au].[Cl-]. The van der Waals surface area contributed by atoms with E-state index >= 15 is 0 Å². The summed E-state index contributed by atoms with van der Waals surface area (Å²) in [5.74, 6) is 0. The fourth-order valence-corrected chi connectivity index (χ4v) is 8.53. The van der Waals surface area contributed by atoms with Crippen molar-refractivity contribution in [2.75, 3.05) is 25.4 Å². The molecule has 2 nitrogen and oxygen atoms in total. The second-order valence-corrected chi connectivity index (χ2v) is 12.7. The number of hydrogen-bond acceptors (Lipinski definition) is 2. The minimum absolute atomic E-state index is 0. The summed E-state index contributed by atoms with van der Waals surface area (Å²) in [6, 6.07) is 42.9. The van der Waals surface area contributed by atoms with Crippen molar-refractivity contribution in [2.24, 2.45) is 11.5 Å². The van der Waals surface area contributed by atoms with E-state index in [1.54, 1.807) is 0 Å². The van der Waals surface area contributed by atoms with Gasteiger partial charge < -0.3 is 23.9 Å². The zero-order chi connectivity index (χ0) is 22.4. The number of nitrogens with two attached hydrogens (primary N) is 2. The van der Waals surface area contributed by atoms with Crippen molar-refractivity contribution in [1.29, 1.82) is 0 Å². The summed E-state index contributed by atoms with van der Waals surface area (Å²) >= 11 is 0. The number of halogens is 1. The predicted octanol–water partition coefficient (Wildman–Crippen LogP) is 0.622. The van der Waals surface area contributed by atoms with E-state index in [-0.39, 0.29) is 34.8 Å². The number of rotatable bonds is 8. The maximum atomic E-state index is 5.73. The molecule has 0 saturated carbocycles. The minimum atomic E-state index is -0.676. The van der Waals surface area contributed by atoms with Crippen LogP contribution in [0.4, 0.5) is 0 Å². The van der Waals surface area contributed by atoms with Crippen LogP contribution in [0.1, 0.15) is 0 Å². The van der Waals surface area contributed by atoms with E-state index in [4.69, 9.17) is 11.5 Å². The van der Waals surface area contributed by atoms with E-state index in [0.717, 1.165) is 25.4 Å². The van der Waals surface area contributed by atoms with Gasteiger partial charge in [0.1, 0.15) is 0 Å². The first-order valence-electron chi connectivity index (χ1n) is 11.2. The Balaban J connectivity index is 0.000000321. The summed E-state index contributed by atoms with van der Waals surface area (Å²) in [5.41, 5.74) is 11.5. The van der Waals surface area contributed by atoms with Crippen LogP contribution in [0.2, 0.25) is 0 Å². The Morgan fingerprint density at radius 1 is 0.412 bits per heavy atom. The Hall–Kier alpha value is -1.31. The van der Waals surface area contributed by atoms with Crippen molar-refractivity contribution in [3.8, 4) is 0 Å². The van der Waals surface area contributed by atoms with Gasteiger partial charge in [-0.1, -0.05) is 72.8 Å². The van der Waals surface area contributed by atoms with Crippen LogP contribution < -0.4 is 45.1 Å². The van der Waals surface area contributed by atoms with Gasteiger partial charge in [-0.25, -0.2) is 0 Å². The molecule has 0 fully saturated rings. The van der Waals surface area contributed by atoms with Crippen LogP contribution in [-0.2, 0) is 22.4 Å². The maximum absolute atomic E-state index is 5.73. The molecule has 0 saturated heterocycles. The first kappa shape index (κ1) is 30.7. The summed E-state index contributed by atoms with van der Waals surface area (Å²) in [7, 11) is -1.35. The smallest absolute Gasteiger partial charge is 0.0967 e. The molecular formula is C28H34AuClN2P2+. The van der Waals surface area contributed by atoms with Gasteiger partial charge in [-0.15, -0.1) is 0 Å². The Morgan fingerprint density at radius 2 is 0.618 bits per heavy atom. The van der Waals surface area contributed by atoms with Crippen LogP contribution >= 0.6 is 15.8 Å². The molecule has 0 aliphatic rings. The van der Waals surface area contributed by atoms with E-state index < -0.39 is 15.8 Å². The van der Waals surface area contributed by atoms with Gasteiger partial charge in [0, 0.05) is 35.5 Å². The standard InChI is InChI=1S/2C14H16NP.Au.ClH/c2*15-11-12-16(13-7-3-1-4-8-13)14-9-5-2-6-10-14;;/h2*1-10H,11-12,15H2;;1H/p+1. The number of hydrogen-bond donors (Lipinski definition) is 2. The van der Waals surface area contributed by atoms with Crippen LogP contribution in [0, 0.1) is 0 Å². The molecule has 4 N–H and O–H groups in total. The van der Waals surface area contributed by atoms with Gasteiger partial charge in [-0.3, -0.25) is 0 Å². The molecule has 0 heterocycles. The van der Waals surface area contributed by atoms with E-state index in [2.05, 4.69) is 121 Å². The summed E-state index contributed by atoms with van der Waals surface area (Å²) in [6.07, 6.45) is 2.19. The predicted molar refractivity (Wildman–Crippen MR) is 149 cm³/mol. The van der Waals surface area contributed by atoms with Crippen LogP contribution in [0.15, 0.2) is 121 Å². The average molecular weight is 693 g/mol. The molecular weight excluding hydrogens is 659 g/mol. The Bertz CT molecular complexity index is 846. The third kappa shape index (κ3) is 9.74. The fraction of sp³-hybridized carbons (Fsp3) is 0.143. The van der Waals surface area contributed by atoms with Gasteiger partial charge in [-0.05, 0) is 48.5 Å². The molecule has 4 aromatic rings. The van der Waals surface area contributed by atoms with Crippen molar-refractivity contribution in [3.63, 3.8) is 0 Å². The van der Waals surface area contributed by atoms with Crippen LogP contribution in [0.3, 0.4) is 0 Å².